The molecule has 27 heavy (non-hydrogen) atoms. The molecule has 0 bridgehead atoms. The average molecular weight is 368 g/mol. The second-order valence-corrected chi connectivity index (χ2v) is 7.94. The third-order valence-corrected chi connectivity index (χ3v) is 6.27. The molecule has 144 valence electrons. The maximum Gasteiger partial charge on any atom is 0.161 e. The maximum atomic E-state index is 5.80. The number of H-pyrrole nitrogens is 1. The molecule has 6 heteroatoms. The first-order chi connectivity index (χ1) is 13.4. The van der Waals surface area contributed by atoms with Gasteiger partial charge >= 0.3 is 0 Å². The number of fused-ring (bicyclic) bond motifs is 1. The fourth-order valence-corrected chi connectivity index (χ4v) is 4.81. The lowest BCUT2D eigenvalue weighted by molar-refractivity contribution is 0.169. The van der Waals surface area contributed by atoms with Crippen LogP contribution in [-0.4, -0.2) is 54.5 Å². The van der Waals surface area contributed by atoms with Gasteiger partial charge in [-0.05, 0) is 55.8 Å². The van der Waals surface area contributed by atoms with Crippen molar-refractivity contribution in [3.63, 3.8) is 0 Å². The van der Waals surface area contributed by atoms with E-state index < -0.39 is 0 Å². The molecule has 1 N–H and O–H groups in total. The highest BCUT2D eigenvalue weighted by Gasteiger charge is 2.30. The summed E-state index contributed by atoms with van der Waals surface area (Å²) in [4.78, 5) is 5.14. The van der Waals surface area contributed by atoms with Crippen LogP contribution < -0.4 is 14.4 Å². The Bertz CT molecular complexity index is 756. The van der Waals surface area contributed by atoms with Crippen LogP contribution in [0.4, 0.5) is 5.69 Å². The zero-order valence-corrected chi connectivity index (χ0v) is 15.8. The number of anilines is 1. The van der Waals surface area contributed by atoms with E-state index in [2.05, 4.69) is 38.2 Å². The fraction of sp³-hybridized carbons (Fsp3) is 0.571. The Balaban J connectivity index is 1.22. The van der Waals surface area contributed by atoms with E-state index in [-0.39, 0.29) is 0 Å². The van der Waals surface area contributed by atoms with Crippen molar-refractivity contribution in [3.05, 3.63) is 36.2 Å². The van der Waals surface area contributed by atoms with Gasteiger partial charge in [-0.1, -0.05) is 6.07 Å². The Labute approximate surface area is 160 Å². The summed E-state index contributed by atoms with van der Waals surface area (Å²) >= 11 is 0. The maximum absolute atomic E-state index is 5.80. The van der Waals surface area contributed by atoms with Gasteiger partial charge in [0.25, 0.3) is 0 Å². The Morgan fingerprint density at radius 3 is 2.70 bits per heavy atom. The molecular formula is C21H28N4O2. The number of nitrogens with zero attached hydrogens (tertiary/aromatic N) is 3. The van der Waals surface area contributed by atoms with Crippen molar-refractivity contribution < 1.29 is 9.47 Å². The normalized spacial score (nSPS) is 23.7. The highest BCUT2D eigenvalue weighted by molar-refractivity contribution is 5.45. The van der Waals surface area contributed by atoms with Crippen LogP contribution in [0.15, 0.2) is 30.6 Å². The van der Waals surface area contributed by atoms with Crippen molar-refractivity contribution >= 4 is 5.69 Å². The van der Waals surface area contributed by atoms with Gasteiger partial charge in [0, 0.05) is 31.9 Å². The van der Waals surface area contributed by atoms with Crippen LogP contribution in [-0.2, 0) is 0 Å². The van der Waals surface area contributed by atoms with E-state index in [1.807, 2.05) is 12.4 Å². The van der Waals surface area contributed by atoms with Gasteiger partial charge in [-0.15, -0.1) is 0 Å². The minimum atomic E-state index is 0.521. The van der Waals surface area contributed by atoms with Crippen molar-refractivity contribution in [1.29, 1.82) is 0 Å². The number of nitrogens with one attached hydrogen (secondary N) is 1. The standard InChI is InChI=1S/C21H28N4O2/c1-2-19(17-3-4-20-21(12-17)27-11-10-26-20)25(7-1)15-16-5-8-24(9-6-16)18-13-22-23-14-18/h3-4,12-14,16,19H,1-2,5-11,15H2,(H,22,23)/t19-/m0/s1. The Morgan fingerprint density at radius 1 is 1.04 bits per heavy atom. The van der Waals surface area contributed by atoms with E-state index >= 15 is 0 Å². The number of aromatic nitrogens is 2. The number of hydrogen-bond acceptors (Lipinski definition) is 5. The predicted octanol–water partition coefficient (Wildman–Crippen LogP) is 3.23. The van der Waals surface area contributed by atoms with Gasteiger partial charge in [-0.2, -0.15) is 5.10 Å². The smallest absolute Gasteiger partial charge is 0.161 e. The van der Waals surface area contributed by atoms with Crippen molar-refractivity contribution in [3.8, 4) is 11.5 Å². The number of likely N-dealkylation sites (tertiary alicyclic amines) is 1. The largest absolute Gasteiger partial charge is 0.486 e. The van der Waals surface area contributed by atoms with Gasteiger partial charge < -0.3 is 14.4 Å². The number of ether oxygens (including phenoxy) is 2. The predicted molar refractivity (Wildman–Crippen MR) is 105 cm³/mol. The number of benzene rings is 1. The van der Waals surface area contributed by atoms with Crippen molar-refractivity contribution in [2.75, 3.05) is 44.3 Å². The molecule has 3 aliphatic heterocycles. The second kappa shape index (κ2) is 7.43. The van der Waals surface area contributed by atoms with E-state index in [0.29, 0.717) is 19.3 Å². The lowest BCUT2D eigenvalue weighted by atomic mass is 9.95. The summed E-state index contributed by atoms with van der Waals surface area (Å²) in [5.74, 6) is 2.59. The molecule has 1 aromatic carbocycles. The molecule has 2 aromatic rings. The van der Waals surface area contributed by atoms with Crippen LogP contribution in [0.25, 0.3) is 0 Å². The summed E-state index contributed by atoms with van der Waals surface area (Å²) in [6.07, 6.45) is 8.98. The van der Waals surface area contributed by atoms with E-state index in [4.69, 9.17) is 9.47 Å². The van der Waals surface area contributed by atoms with Gasteiger partial charge in [0.1, 0.15) is 13.2 Å². The zero-order valence-electron chi connectivity index (χ0n) is 15.8. The summed E-state index contributed by atoms with van der Waals surface area (Å²) in [5.41, 5.74) is 2.61. The number of piperidine rings is 1. The average Bonchev–Trinajstić information content (AvgIpc) is 3.40. The Kier molecular flexibility index (Phi) is 4.66. The van der Waals surface area contributed by atoms with Gasteiger partial charge in [0.05, 0.1) is 11.9 Å². The van der Waals surface area contributed by atoms with Crippen molar-refractivity contribution in [2.45, 2.75) is 31.7 Å². The molecule has 1 atom stereocenters. The lowest BCUT2D eigenvalue weighted by Crippen LogP contribution is -2.38. The van der Waals surface area contributed by atoms with Crippen LogP contribution in [0.3, 0.4) is 0 Å². The Morgan fingerprint density at radius 2 is 1.89 bits per heavy atom. The molecule has 6 nitrogen and oxygen atoms in total. The van der Waals surface area contributed by atoms with Crippen LogP contribution >= 0.6 is 0 Å². The highest BCUT2D eigenvalue weighted by atomic mass is 16.6. The van der Waals surface area contributed by atoms with Gasteiger partial charge in [-0.3, -0.25) is 10.00 Å². The third kappa shape index (κ3) is 3.50. The van der Waals surface area contributed by atoms with E-state index in [9.17, 15) is 0 Å². The van der Waals surface area contributed by atoms with Gasteiger partial charge in [0.15, 0.2) is 11.5 Å². The first-order valence-electron chi connectivity index (χ1n) is 10.2. The molecule has 0 radical (unpaired) electrons. The number of hydrogen-bond donors (Lipinski definition) is 1. The molecule has 1 aromatic heterocycles. The summed E-state index contributed by atoms with van der Waals surface area (Å²) < 4.78 is 11.5. The fourth-order valence-electron chi connectivity index (χ4n) is 4.81. The molecule has 0 unspecified atom stereocenters. The second-order valence-electron chi connectivity index (χ2n) is 7.94. The molecule has 0 saturated carbocycles. The first-order valence-corrected chi connectivity index (χ1v) is 10.2. The van der Waals surface area contributed by atoms with Crippen LogP contribution in [0.2, 0.25) is 0 Å². The van der Waals surface area contributed by atoms with Crippen molar-refractivity contribution in [2.24, 2.45) is 5.92 Å². The van der Waals surface area contributed by atoms with Gasteiger partial charge in [0.2, 0.25) is 0 Å². The van der Waals surface area contributed by atoms with Crippen LogP contribution in [0, 0.1) is 5.92 Å². The zero-order chi connectivity index (χ0) is 18.1. The summed E-state index contributed by atoms with van der Waals surface area (Å²) in [6.45, 7) is 5.98. The van der Waals surface area contributed by atoms with Crippen molar-refractivity contribution in [1.82, 2.24) is 15.1 Å². The van der Waals surface area contributed by atoms with E-state index in [1.54, 1.807) is 0 Å². The molecule has 5 rings (SSSR count). The van der Waals surface area contributed by atoms with Crippen LogP contribution in [0.5, 0.6) is 11.5 Å². The molecule has 0 spiro atoms. The molecule has 2 saturated heterocycles. The molecule has 3 aliphatic rings. The number of rotatable bonds is 4. The summed E-state index contributed by atoms with van der Waals surface area (Å²) in [6, 6.07) is 7.05. The minimum absolute atomic E-state index is 0.521. The van der Waals surface area contributed by atoms with Crippen LogP contribution in [0.1, 0.15) is 37.3 Å². The molecule has 0 aliphatic carbocycles. The molecule has 0 amide bonds. The Hall–Kier alpha value is -2.21. The molecule has 2 fully saturated rings. The first kappa shape index (κ1) is 16.9. The monoisotopic (exact) mass is 368 g/mol. The quantitative estimate of drug-likeness (QED) is 0.898. The number of aromatic amines is 1. The molecular weight excluding hydrogens is 340 g/mol. The highest BCUT2D eigenvalue weighted by Crippen LogP contribution is 2.39. The summed E-state index contributed by atoms with van der Waals surface area (Å²) in [5, 5.41) is 7.00. The third-order valence-electron chi connectivity index (χ3n) is 6.27. The van der Waals surface area contributed by atoms with Gasteiger partial charge in [-0.25, -0.2) is 0 Å². The topological polar surface area (TPSA) is 53.6 Å². The SMILES string of the molecule is c1cc2c(cc1[C@@H]1CCCN1CC1CCN(c3cn[nH]c3)CC1)OCCO2. The van der Waals surface area contributed by atoms with E-state index in [1.165, 1.54) is 50.0 Å². The summed E-state index contributed by atoms with van der Waals surface area (Å²) in [7, 11) is 0. The van der Waals surface area contributed by atoms with E-state index in [0.717, 1.165) is 30.5 Å². The lowest BCUT2D eigenvalue weighted by Gasteiger charge is -2.36. The molecule has 4 heterocycles. The minimum Gasteiger partial charge on any atom is -0.486 e.